The normalized spacial score (nSPS) is 11.1. The molecule has 6 N–H and O–H groups in total. The summed E-state index contributed by atoms with van der Waals surface area (Å²) in [5, 5.41) is 0. The van der Waals surface area contributed by atoms with Crippen LogP contribution in [-0.4, -0.2) is 30.6 Å². The molecule has 1 amide bonds. The number of hydrogen-bond donors (Lipinski definition) is 3. The van der Waals surface area contributed by atoms with Crippen LogP contribution in [0.3, 0.4) is 0 Å². The van der Waals surface area contributed by atoms with E-state index in [9.17, 15) is 14.4 Å². The van der Waals surface area contributed by atoms with E-state index in [4.69, 9.17) is 18.6 Å². The van der Waals surface area contributed by atoms with Crippen LogP contribution in [-0.2, 0) is 14.4 Å². The van der Waals surface area contributed by atoms with Gasteiger partial charge in [-0.25, -0.2) is 0 Å². The molecule has 0 heterocycles. The molecule has 0 unspecified atom stereocenters. The van der Waals surface area contributed by atoms with Crippen molar-refractivity contribution in [2.45, 2.75) is 53.6 Å². The first kappa shape index (κ1) is 26.8. The fourth-order valence-electron chi connectivity index (χ4n) is 0.880. The smallest absolute Gasteiger partial charge is 0.219 e. The van der Waals surface area contributed by atoms with Crippen molar-refractivity contribution in [1.82, 2.24) is 0 Å². The Morgan fingerprint density at radius 3 is 1.65 bits per heavy atom. The number of primary amides is 1. The van der Waals surface area contributed by atoms with Gasteiger partial charge in [-0.15, -0.1) is 12.8 Å². The van der Waals surface area contributed by atoms with Crippen molar-refractivity contribution < 1.29 is 15.8 Å². The van der Waals surface area contributed by atoms with E-state index < -0.39 is 11.9 Å². The molecule has 0 bridgehead atoms. The van der Waals surface area contributed by atoms with Gasteiger partial charge in [-0.1, -0.05) is 28.7 Å². The standard InChI is InChI=1S/C6H13NO.C4H8N2O2.C2H2.2CH4/c1-5(2)3-6(7)4-8;5-3(2-7)1-4(6)8;1-2;;/h4-6H,3,7H2,1-2H3;2-3H,1,5H2,(H2,6,8);1-2H;2*1H4/t6-;3-;;;/m11.../s1/i;;1T;;. The third kappa shape index (κ3) is 36.0. The highest BCUT2D eigenvalue weighted by Gasteiger charge is 2.02. The largest absolute Gasteiger partial charge is 0.370 e. The van der Waals surface area contributed by atoms with Crippen LogP contribution in [0.5, 0.6) is 0 Å². The second-order valence-corrected chi connectivity index (χ2v) is 3.90. The Bertz CT molecular complexity index is 292. The number of rotatable bonds is 6. The van der Waals surface area contributed by atoms with Gasteiger partial charge in [0.1, 0.15) is 13.9 Å². The van der Waals surface area contributed by atoms with Gasteiger partial charge in [-0.2, -0.15) is 0 Å². The third-order valence-corrected chi connectivity index (χ3v) is 1.53. The maximum atomic E-state index is 9.95. The zero-order chi connectivity index (χ0) is 15.8. The first-order chi connectivity index (χ1) is 8.74. The molecular formula is C14H31N3O3. The van der Waals surface area contributed by atoms with Crippen LogP contribution in [0, 0.1) is 18.7 Å². The van der Waals surface area contributed by atoms with E-state index in [0.717, 1.165) is 12.7 Å². The van der Waals surface area contributed by atoms with Gasteiger partial charge < -0.3 is 26.8 Å². The fourth-order valence-corrected chi connectivity index (χ4v) is 0.880. The molecule has 0 saturated heterocycles. The van der Waals surface area contributed by atoms with Gasteiger partial charge in [-0.05, 0) is 12.3 Å². The number of nitrogens with two attached hydrogens (primary N) is 3. The lowest BCUT2D eigenvalue weighted by atomic mass is 10.1. The molecule has 0 spiro atoms. The minimum atomic E-state index is -0.729. The maximum Gasteiger partial charge on any atom is 0.219 e. The van der Waals surface area contributed by atoms with E-state index in [-0.39, 0.29) is 27.3 Å². The Balaban J connectivity index is -0.0000000634. The Morgan fingerprint density at radius 2 is 1.55 bits per heavy atom. The summed E-state index contributed by atoms with van der Waals surface area (Å²) in [6.45, 7) is 4.09. The van der Waals surface area contributed by atoms with E-state index in [1.165, 1.54) is 6.40 Å². The van der Waals surface area contributed by atoms with Crippen molar-refractivity contribution in [1.29, 1.82) is 0 Å². The molecule has 0 saturated carbocycles. The maximum absolute atomic E-state index is 9.95. The van der Waals surface area contributed by atoms with Gasteiger partial charge in [-0.3, -0.25) is 4.79 Å². The van der Waals surface area contributed by atoms with E-state index in [1.54, 1.807) is 0 Å². The molecule has 120 valence electrons. The predicted molar refractivity (Wildman–Crippen MR) is 84.7 cm³/mol. The van der Waals surface area contributed by atoms with Crippen LogP contribution >= 0.6 is 0 Å². The van der Waals surface area contributed by atoms with Crippen LogP contribution in [0.2, 0.25) is 0 Å². The first-order valence-electron chi connectivity index (χ1n) is 5.82. The quantitative estimate of drug-likeness (QED) is 0.484. The van der Waals surface area contributed by atoms with Gasteiger partial charge in [0, 0.05) is 6.42 Å². The number of aldehydes is 2. The number of terminal acetylenes is 1. The summed E-state index contributed by atoms with van der Waals surface area (Å²) >= 11 is 0. The van der Waals surface area contributed by atoms with Crippen molar-refractivity contribution in [2.24, 2.45) is 23.1 Å². The van der Waals surface area contributed by atoms with E-state index in [1.807, 2.05) is 13.8 Å². The molecule has 6 nitrogen and oxygen atoms in total. The van der Waals surface area contributed by atoms with Crippen LogP contribution in [0.4, 0.5) is 0 Å². The van der Waals surface area contributed by atoms with Crippen molar-refractivity contribution in [3.05, 3.63) is 0 Å². The molecule has 0 aromatic rings. The Kier molecular flexibility index (Phi) is 30.1. The summed E-state index contributed by atoms with van der Waals surface area (Å²) in [5.74, 6) is -0.0280. The van der Waals surface area contributed by atoms with Gasteiger partial charge in [0.25, 0.3) is 0 Å². The lowest BCUT2D eigenvalue weighted by molar-refractivity contribution is -0.120. The zero-order valence-electron chi connectivity index (χ0n) is 11.8. The highest BCUT2D eigenvalue weighted by molar-refractivity contribution is 5.78. The minimum Gasteiger partial charge on any atom is -0.370 e. The first-order valence-corrected chi connectivity index (χ1v) is 5.32. The number of carbonyl (C=O) groups excluding carboxylic acids is 3. The van der Waals surface area contributed by atoms with E-state index in [2.05, 4.69) is 6.42 Å². The Labute approximate surface area is 124 Å². The second kappa shape index (κ2) is 22.5. The van der Waals surface area contributed by atoms with Crippen LogP contribution in [0.25, 0.3) is 0 Å². The summed E-state index contributed by atoms with van der Waals surface area (Å²) < 4.78 is 5.74. The second-order valence-electron chi connectivity index (χ2n) is 3.90. The number of carbonyl (C=O) groups is 3. The summed E-state index contributed by atoms with van der Waals surface area (Å²) in [7, 11) is 0. The minimum absolute atomic E-state index is 0. The molecule has 2 atom stereocenters. The molecule has 0 aliphatic carbocycles. The zero-order valence-corrected chi connectivity index (χ0v) is 10.8. The van der Waals surface area contributed by atoms with Gasteiger partial charge in [0.05, 0.1) is 12.1 Å². The van der Waals surface area contributed by atoms with Crippen LogP contribution < -0.4 is 17.2 Å². The summed E-state index contributed by atoms with van der Waals surface area (Å²) in [6.07, 6.45) is 7.78. The summed E-state index contributed by atoms with van der Waals surface area (Å²) in [6, 6.07) is -0.984. The van der Waals surface area contributed by atoms with Gasteiger partial charge in [0.2, 0.25) is 5.91 Å². The molecule has 0 aliphatic rings. The third-order valence-electron chi connectivity index (χ3n) is 1.53. The molecule has 0 aromatic carbocycles. The highest BCUT2D eigenvalue weighted by atomic mass is 16.1. The molecule has 0 aromatic heterocycles. The Hall–Kier alpha value is -1.71. The highest BCUT2D eigenvalue weighted by Crippen LogP contribution is 1.99. The summed E-state index contributed by atoms with van der Waals surface area (Å²) in [4.78, 5) is 29.6. The lowest BCUT2D eigenvalue weighted by Gasteiger charge is -2.04. The predicted octanol–water partition coefficient (Wildman–Crippen LogP) is 0.468. The molecule has 20 heavy (non-hydrogen) atoms. The number of amides is 1. The van der Waals surface area contributed by atoms with Crippen molar-refractivity contribution in [3.8, 4) is 12.8 Å². The summed E-state index contributed by atoms with van der Waals surface area (Å²) in [5.41, 5.74) is 15.0. The topological polar surface area (TPSA) is 129 Å². The van der Waals surface area contributed by atoms with Crippen LogP contribution in [0.15, 0.2) is 0 Å². The molecule has 0 radical (unpaired) electrons. The molecule has 0 aliphatic heterocycles. The fraction of sp³-hybridized carbons (Fsp3) is 0.643. The average molecular weight is 291 g/mol. The van der Waals surface area contributed by atoms with Crippen molar-refractivity contribution >= 4 is 18.5 Å². The van der Waals surface area contributed by atoms with Crippen LogP contribution in [0.1, 0.15) is 42.9 Å². The molecule has 6 heteroatoms. The van der Waals surface area contributed by atoms with Crippen molar-refractivity contribution in [3.63, 3.8) is 0 Å². The molecule has 0 fully saturated rings. The molecule has 0 rings (SSSR count). The number of hydrogen-bond acceptors (Lipinski definition) is 5. The van der Waals surface area contributed by atoms with Gasteiger partial charge in [0.15, 0.2) is 0 Å². The lowest BCUT2D eigenvalue weighted by Crippen LogP contribution is -2.28. The van der Waals surface area contributed by atoms with E-state index >= 15 is 0 Å². The average Bonchev–Trinajstić information content (AvgIpc) is 2.29. The van der Waals surface area contributed by atoms with Crippen molar-refractivity contribution in [2.75, 3.05) is 0 Å². The van der Waals surface area contributed by atoms with E-state index in [0.29, 0.717) is 12.2 Å². The SMILES string of the molecule is C.C.CC(C)C[C@@H](N)C=O.NC(=O)C[C@@H](N)C=O.[3H]C#C. The molecular weight excluding hydrogens is 258 g/mol. The Morgan fingerprint density at radius 1 is 1.20 bits per heavy atom. The monoisotopic (exact) mass is 291 g/mol. The van der Waals surface area contributed by atoms with Gasteiger partial charge >= 0.3 is 0 Å².